The Bertz CT molecular complexity index is 754. The Hall–Kier alpha value is -2.08. The van der Waals surface area contributed by atoms with Gasteiger partial charge in [-0.3, -0.25) is 4.90 Å². The number of methoxy groups -OCH3 is 1. The second-order valence-electron chi connectivity index (χ2n) is 9.65. The SMILES string of the molecule is COC(=O)N(Cc1ccccc1)C1C=C(O[Si](C)(C)C(C)(C)C)CC[C@@]1(C)C=O. The highest BCUT2D eigenvalue weighted by Crippen LogP contribution is 2.42. The Kier molecular flexibility index (Phi) is 6.99. The lowest BCUT2D eigenvalue weighted by atomic mass is 9.75. The molecule has 1 aliphatic carbocycles. The molecule has 160 valence electrons. The number of carbonyl (C=O) groups is 2. The molecule has 1 aromatic carbocycles. The minimum atomic E-state index is -2.01. The molecule has 29 heavy (non-hydrogen) atoms. The lowest BCUT2D eigenvalue weighted by Crippen LogP contribution is -2.51. The first kappa shape index (κ1) is 23.2. The van der Waals surface area contributed by atoms with E-state index in [1.807, 2.05) is 43.3 Å². The van der Waals surface area contributed by atoms with Gasteiger partial charge < -0.3 is 14.0 Å². The Morgan fingerprint density at radius 1 is 1.28 bits per heavy atom. The Morgan fingerprint density at radius 3 is 2.41 bits per heavy atom. The van der Waals surface area contributed by atoms with E-state index in [9.17, 15) is 9.59 Å². The van der Waals surface area contributed by atoms with Crippen LogP contribution in [0, 0.1) is 5.41 Å². The molecular formula is C23H35NO4Si. The maximum absolute atomic E-state index is 12.7. The standard InChI is InChI=1S/C23H35NO4Si/c1-22(2,3)29(6,7)28-19-13-14-23(4,17-25)20(15-19)24(21(26)27-5)16-18-11-9-8-10-12-18/h8-12,15,17,20H,13-14,16H2,1-7H3/t20?,23-/m0/s1. The highest BCUT2D eigenvalue weighted by atomic mass is 28.4. The fourth-order valence-corrected chi connectivity index (χ4v) is 4.44. The smallest absolute Gasteiger partial charge is 0.410 e. The van der Waals surface area contributed by atoms with Gasteiger partial charge in [-0.1, -0.05) is 58.0 Å². The van der Waals surface area contributed by atoms with Gasteiger partial charge in [0.25, 0.3) is 0 Å². The molecule has 5 nitrogen and oxygen atoms in total. The maximum atomic E-state index is 12.7. The maximum Gasteiger partial charge on any atom is 0.410 e. The summed E-state index contributed by atoms with van der Waals surface area (Å²) in [5.74, 6) is 0.878. The first-order valence-corrected chi connectivity index (χ1v) is 13.1. The molecule has 0 N–H and O–H groups in total. The molecule has 0 fully saturated rings. The van der Waals surface area contributed by atoms with Gasteiger partial charge in [0.1, 0.15) is 6.29 Å². The summed E-state index contributed by atoms with van der Waals surface area (Å²) in [7, 11) is -0.641. The molecule has 0 bridgehead atoms. The summed E-state index contributed by atoms with van der Waals surface area (Å²) in [6.45, 7) is 13.3. The summed E-state index contributed by atoms with van der Waals surface area (Å²) in [6, 6.07) is 9.31. The van der Waals surface area contributed by atoms with Crippen LogP contribution in [0.4, 0.5) is 4.79 Å². The third-order valence-electron chi connectivity index (χ3n) is 6.33. The predicted octanol–water partition coefficient (Wildman–Crippen LogP) is 5.53. The third-order valence-corrected chi connectivity index (χ3v) is 10.7. The molecular weight excluding hydrogens is 382 g/mol. The van der Waals surface area contributed by atoms with Crippen LogP contribution in [-0.4, -0.2) is 38.7 Å². The summed E-state index contributed by atoms with van der Waals surface area (Å²) in [6.07, 6.45) is 3.82. The van der Waals surface area contributed by atoms with E-state index in [2.05, 4.69) is 33.9 Å². The van der Waals surface area contributed by atoms with Crippen LogP contribution in [0.2, 0.25) is 18.1 Å². The van der Waals surface area contributed by atoms with Crippen LogP contribution in [0.1, 0.15) is 46.1 Å². The molecule has 2 rings (SSSR count). The van der Waals surface area contributed by atoms with Crippen molar-refractivity contribution < 1.29 is 18.8 Å². The largest absolute Gasteiger partial charge is 0.547 e. The van der Waals surface area contributed by atoms with E-state index >= 15 is 0 Å². The fourth-order valence-electron chi connectivity index (χ4n) is 3.30. The number of ether oxygens (including phenoxy) is 1. The van der Waals surface area contributed by atoms with E-state index in [4.69, 9.17) is 9.16 Å². The van der Waals surface area contributed by atoms with Gasteiger partial charge in [0.15, 0.2) is 0 Å². The number of aldehydes is 1. The quantitative estimate of drug-likeness (QED) is 0.451. The number of nitrogens with zero attached hydrogens (tertiary/aromatic N) is 1. The molecule has 2 atom stereocenters. The van der Waals surface area contributed by atoms with Gasteiger partial charge in [0.2, 0.25) is 8.32 Å². The fraction of sp³-hybridized carbons (Fsp3) is 0.565. The average Bonchev–Trinajstić information content (AvgIpc) is 2.67. The van der Waals surface area contributed by atoms with Crippen molar-refractivity contribution in [3.05, 3.63) is 47.7 Å². The van der Waals surface area contributed by atoms with Gasteiger partial charge in [0, 0.05) is 18.4 Å². The highest BCUT2D eigenvalue weighted by Gasteiger charge is 2.45. The number of benzene rings is 1. The van der Waals surface area contributed by atoms with Crippen LogP contribution in [0.3, 0.4) is 0 Å². The number of hydrogen-bond acceptors (Lipinski definition) is 4. The molecule has 6 heteroatoms. The number of rotatable bonds is 6. The van der Waals surface area contributed by atoms with Gasteiger partial charge in [-0.15, -0.1) is 0 Å². The van der Waals surface area contributed by atoms with Crippen molar-refractivity contribution in [2.24, 2.45) is 5.41 Å². The van der Waals surface area contributed by atoms with Crippen molar-refractivity contribution in [3.63, 3.8) is 0 Å². The summed E-state index contributed by atoms with van der Waals surface area (Å²) in [4.78, 5) is 26.4. The minimum absolute atomic E-state index is 0.0703. The molecule has 0 saturated heterocycles. The number of allylic oxidation sites excluding steroid dienone is 1. The van der Waals surface area contributed by atoms with E-state index in [0.717, 1.165) is 17.6 Å². The zero-order chi connectivity index (χ0) is 21.9. The molecule has 1 amide bonds. The van der Waals surface area contributed by atoms with Crippen molar-refractivity contribution in [1.82, 2.24) is 4.90 Å². The lowest BCUT2D eigenvalue weighted by Gasteiger charge is -2.44. The molecule has 1 aromatic rings. The molecule has 0 radical (unpaired) electrons. The third kappa shape index (κ3) is 5.29. The van der Waals surface area contributed by atoms with Gasteiger partial charge in [-0.2, -0.15) is 0 Å². The molecule has 1 unspecified atom stereocenters. The lowest BCUT2D eigenvalue weighted by molar-refractivity contribution is -0.118. The van der Waals surface area contributed by atoms with Crippen LogP contribution in [-0.2, 0) is 20.5 Å². The van der Waals surface area contributed by atoms with Crippen LogP contribution in [0.15, 0.2) is 42.2 Å². The number of amides is 1. The van der Waals surface area contributed by atoms with Gasteiger partial charge in [-0.25, -0.2) is 4.79 Å². The van der Waals surface area contributed by atoms with E-state index in [-0.39, 0.29) is 5.04 Å². The zero-order valence-electron chi connectivity index (χ0n) is 18.8. The topological polar surface area (TPSA) is 55.8 Å². The Morgan fingerprint density at radius 2 is 1.90 bits per heavy atom. The van der Waals surface area contributed by atoms with Crippen LogP contribution in [0.5, 0.6) is 0 Å². The first-order valence-electron chi connectivity index (χ1n) is 10.2. The van der Waals surface area contributed by atoms with Crippen molar-refractivity contribution in [1.29, 1.82) is 0 Å². The van der Waals surface area contributed by atoms with Crippen LogP contribution >= 0.6 is 0 Å². The van der Waals surface area contributed by atoms with Crippen molar-refractivity contribution in [3.8, 4) is 0 Å². The van der Waals surface area contributed by atoms with E-state index in [0.29, 0.717) is 19.4 Å². The molecule has 0 spiro atoms. The summed E-state index contributed by atoms with van der Waals surface area (Å²) < 4.78 is 11.6. The molecule has 0 aromatic heterocycles. The average molecular weight is 418 g/mol. The molecule has 0 saturated carbocycles. The number of hydrogen-bond donors (Lipinski definition) is 0. The second kappa shape index (κ2) is 8.74. The van der Waals surface area contributed by atoms with Crippen LogP contribution < -0.4 is 0 Å². The van der Waals surface area contributed by atoms with Gasteiger partial charge >= 0.3 is 6.09 Å². The summed E-state index contributed by atoms with van der Waals surface area (Å²) in [5.41, 5.74) is 0.292. The van der Waals surface area contributed by atoms with E-state index < -0.39 is 25.9 Å². The van der Waals surface area contributed by atoms with Crippen molar-refractivity contribution in [2.75, 3.05) is 7.11 Å². The molecule has 0 heterocycles. The predicted molar refractivity (Wildman–Crippen MR) is 118 cm³/mol. The molecule has 1 aliphatic rings. The van der Waals surface area contributed by atoms with Crippen LogP contribution in [0.25, 0.3) is 0 Å². The second-order valence-corrected chi connectivity index (χ2v) is 14.4. The highest BCUT2D eigenvalue weighted by molar-refractivity contribution is 6.74. The normalized spacial score (nSPS) is 22.4. The van der Waals surface area contributed by atoms with Gasteiger partial charge in [0.05, 0.1) is 18.9 Å². The Balaban J connectivity index is 2.43. The van der Waals surface area contributed by atoms with Gasteiger partial charge in [-0.05, 0) is 36.2 Å². The van der Waals surface area contributed by atoms with E-state index in [1.54, 1.807) is 4.90 Å². The zero-order valence-corrected chi connectivity index (χ0v) is 19.8. The van der Waals surface area contributed by atoms with Crippen molar-refractivity contribution >= 4 is 20.7 Å². The summed E-state index contributed by atoms with van der Waals surface area (Å²) in [5, 5.41) is 0.0703. The van der Waals surface area contributed by atoms with E-state index in [1.165, 1.54) is 7.11 Å². The molecule has 0 aliphatic heterocycles. The summed E-state index contributed by atoms with van der Waals surface area (Å²) >= 11 is 0. The first-order chi connectivity index (χ1) is 13.4. The van der Waals surface area contributed by atoms with Crippen molar-refractivity contribution in [2.45, 2.75) is 71.3 Å². The number of carbonyl (C=O) groups excluding carboxylic acids is 2. The monoisotopic (exact) mass is 417 g/mol. The Labute approximate surface area is 176 Å². The minimum Gasteiger partial charge on any atom is -0.547 e.